The lowest BCUT2D eigenvalue weighted by atomic mass is 9.90. The summed E-state index contributed by atoms with van der Waals surface area (Å²) in [6.45, 7) is 1.27. The molecule has 1 aliphatic rings. The van der Waals surface area contributed by atoms with Gasteiger partial charge in [0, 0.05) is 29.4 Å². The topological polar surface area (TPSA) is 120 Å². The molecule has 38 heavy (non-hydrogen) atoms. The van der Waals surface area contributed by atoms with Crippen LogP contribution in [0, 0.1) is 6.92 Å². The molecule has 0 spiro atoms. The Hall–Kier alpha value is -2.88. The maximum Gasteiger partial charge on any atom is 0.418 e. The Morgan fingerprint density at radius 1 is 1.26 bits per heavy atom. The lowest BCUT2D eigenvalue weighted by Crippen LogP contribution is -2.53. The molecule has 0 unspecified atom stereocenters. The number of rotatable bonds is 6. The van der Waals surface area contributed by atoms with Crippen molar-refractivity contribution in [1.29, 1.82) is 0 Å². The van der Waals surface area contributed by atoms with E-state index in [1.807, 2.05) is 12.3 Å². The third kappa shape index (κ3) is 4.83. The highest BCUT2D eigenvalue weighted by Crippen LogP contribution is 2.42. The molecule has 202 valence electrons. The zero-order valence-electron chi connectivity index (χ0n) is 19.9. The van der Waals surface area contributed by atoms with Crippen LogP contribution in [0.2, 0.25) is 5.02 Å². The predicted molar refractivity (Wildman–Crippen MR) is 130 cm³/mol. The van der Waals surface area contributed by atoms with Gasteiger partial charge >= 0.3 is 6.18 Å². The third-order valence-electron chi connectivity index (χ3n) is 6.25. The molecule has 5 rings (SSSR count). The van der Waals surface area contributed by atoms with Crippen LogP contribution in [0.25, 0.3) is 16.4 Å². The van der Waals surface area contributed by atoms with Gasteiger partial charge < -0.3 is 19.7 Å². The average molecular weight is 571 g/mol. The summed E-state index contributed by atoms with van der Waals surface area (Å²) in [5.74, 6) is 0. The average Bonchev–Trinajstić information content (AvgIpc) is 3.63. The van der Waals surface area contributed by atoms with E-state index >= 15 is 0 Å². The third-order valence-corrected chi connectivity index (χ3v) is 7.47. The molecule has 0 saturated carbocycles. The second-order valence-corrected chi connectivity index (χ2v) is 9.96. The quantitative estimate of drug-likeness (QED) is 0.361. The Morgan fingerprint density at radius 2 is 2.05 bits per heavy atom. The Kier molecular flexibility index (Phi) is 7.28. The van der Waals surface area contributed by atoms with Crippen LogP contribution < -0.4 is 0 Å². The van der Waals surface area contributed by atoms with Crippen LogP contribution in [-0.4, -0.2) is 72.0 Å². The van der Waals surface area contributed by atoms with Crippen molar-refractivity contribution in [2.45, 2.75) is 43.6 Å². The molecule has 4 heterocycles. The molecule has 1 aromatic carbocycles. The van der Waals surface area contributed by atoms with Gasteiger partial charge in [-0.05, 0) is 31.2 Å². The molecule has 10 nitrogen and oxygen atoms in total. The summed E-state index contributed by atoms with van der Waals surface area (Å²) in [4.78, 5) is 4.39. The van der Waals surface area contributed by atoms with E-state index in [-0.39, 0.29) is 16.4 Å². The van der Waals surface area contributed by atoms with Gasteiger partial charge in [-0.1, -0.05) is 16.8 Å². The standard InChI is InChI=1S/C23H22ClF3N6O4S/c1-11-10-38-22(29-11)14-8-32(31-30-14)18-19(35)17(9-34)37-20(21(18)36-2)15-5-6-28-33(15)16-7-12(24)3-4-13(16)23(25,26)27/h3-8,10,17-21,34-35H,9H2,1-2H3/t17-,18+,19+,20+,21-/m1/s1. The highest BCUT2D eigenvalue weighted by molar-refractivity contribution is 7.13. The summed E-state index contributed by atoms with van der Waals surface area (Å²) >= 11 is 7.42. The van der Waals surface area contributed by atoms with Crippen LogP contribution in [0.3, 0.4) is 0 Å². The first-order valence-corrected chi connectivity index (χ1v) is 12.6. The monoisotopic (exact) mass is 570 g/mol. The van der Waals surface area contributed by atoms with Crippen molar-refractivity contribution in [3.8, 4) is 16.4 Å². The molecule has 4 aromatic rings. The largest absolute Gasteiger partial charge is 0.418 e. The van der Waals surface area contributed by atoms with Gasteiger partial charge in [-0.2, -0.15) is 18.3 Å². The van der Waals surface area contributed by atoms with Gasteiger partial charge in [0.2, 0.25) is 0 Å². The first-order chi connectivity index (χ1) is 18.1. The second-order valence-electron chi connectivity index (χ2n) is 8.66. The molecule has 1 fully saturated rings. The number of methoxy groups -OCH3 is 1. The van der Waals surface area contributed by atoms with Gasteiger partial charge in [0.25, 0.3) is 0 Å². The van der Waals surface area contributed by atoms with Crippen LogP contribution in [-0.2, 0) is 15.7 Å². The minimum absolute atomic E-state index is 0.0800. The number of aryl methyl sites for hydroxylation is 1. The number of halogens is 4. The summed E-state index contributed by atoms with van der Waals surface area (Å²) < 4.78 is 55.7. The Morgan fingerprint density at radius 3 is 2.71 bits per heavy atom. The number of alkyl halides is 3. The summed E-state index contributed by atoms with van der Waals surface area (Å²) in [6, 6.07) is 3.72. The summed E-state index contributed by atoms with van der Waals surface area (Å²) in [6.07, 6.45) is -6.22. The van der Waals surface area contributed by atoms with Gasteiger partial charge in [-0.25, -0.2) is 14.3 Å². The van der Waals surface area contributed by atoms with Crippen molar-refractivity contribution in [3.05, 3.63) is 64.0 Å². The smallest absolute Gasteiger partial charge is 0.394 e. The summed E-state index contributed by atoms with van der Waals surface area (Å²) in [5.41, 5.74) is 0.206. The van der Waals surface area contributed by atoms with Crippen LogP contribution in [0.5, 0.6) is 0 Å². The van der Waals surface area contributed by atoms with Crippen LogP contribution in [0.15, 0.2) is 42.0 Å². The van der Waals surface area contributed by atoms with Crippen LogP contribution in [0.4, 0.5) is 13.2 Å². The van der Waals surface area contributed by atoms with Gasteiger partial charge in [-0.3, -0.25) is 0 Å². The normalized spacial score (nSPS) is 24.2. The number of hydrogen-bond donors (Lipinski definition) is 2. The minimum atomic E-state index is -4.69. The molecular formula is C23H22ClF3N6O4S. The van der Waals surface area contributed by atoms with E-state index in [0.717, 1.165) is 28.6 Å². The van der Waals surface area contributed by atoms with E-state index in [4.69, 9.17) is 21.1 Å². The molecule has 15 heteroatoms. The van der Waals surface area contributed by atoms with E-state index in [2.05, 4.69) is 20.4 Å². The molecule has 0 bridgehead atoms. The summed E-state index contributed by atoms with van der Waals surface area (Å²) in [7, 11) is 1.38. The zero-order chi connectivity index (χ0) is 27.2. The van der Waals surface area contributed by atoms with Crippen molar-refractivity contribution in [2.24, 2.45) is 0 Å². The maximum absolute atomic E-state index is 13.9. The van der Waals surface area contributed by atoms with E-state index in [1.54, 1.807) is 6.20 Å². The fourth-order valence-corrected chi connectivity index (χ4v) is 5.45. The number of nitrogens with zero attached hydrogens (tertiary/aromatic N) is 6. The van der Waals surface area contributed by atoms with Crippen LogP contribution >= 0.6 is 22.9 Å². The van der Waals surface area contributed by atoms with Gasteiger partial charge in [-0.15, -0.1) is 16.4 Å². The van der Waals surface area contributed by atoms with Crippen molar-refractivity contribution in [2.75, 3.05) is 13.7 Å². The predicted octanol–water partition coefficient (Wildman–Crippen LogP) is 3.62. The molecule has 2 N–H and O–H groups in total. The second kappa shape index (κ2) is 10.4. The Labute approximate surface area is 223 Å². The molecule has 1 saturated heterocycles. The maximum atomic E-state index is 13.9. The molecule has 0 aliphatic carbocycles. The number of ether oxygens (including phenoxy) is 2. The van der Waals surface area contributed by atoms with E-state index in [1.165, 1.54) is 35.4 Å². The van der Waals surface area contributed by atoms with Gasteiger partial charge in [0.1, 0.15) is 41.2 Å². The number of benzene rings is 1. The van der Waals surface area contributed by atoms with Gasteiger partial charge in [0.15, 0.2) is 0 Å². The van der Waals surface area contributed by atoms with E-state index in [9.17, 15) is 23.4 Å². The van der Waals surface area contributed by atoms with Gasteiger partial charge in [0.05, 0.1) is 29.7 Å². The Bertz CT molecular complexity index is 1430. The van der Waals surface area contributed by atoms with Crippen LogP contribution in [0.1, 0.15) is 29.1 Å². The number of hydrogen-bond acceptors (Lipinski definition) is 9. The van der Waals surface area contributed by atoms with E-state index in [0.29, 0.717) is 10.7 Å². The molecule has 0 radical (unpaired) electrons. The first-order valence-electron chi connectivity index (χ1n) is 11.3. The summed E-state index contributed by atoms with van der Waals surface area (Å²) in [5, 5.41) is 36.1. The van der Waals surface area contributed by atoms with Crippen molar-refractivity contribution in [1.82, 2.24) is 29.8 Å². The van der Waals surface area contributed by atoms with E-state index < -0.39 is 48.8 Å². The highest BCUT2D eigenvalue weighted by atomic mass is 35.5. The minimum Gasteiger partial charge on any atom is -0.394 e. The first kappa shape index (κ1) is 26.7. The molecular weight excluding hydrogens is 549 g/mol. The number of aliphatic hydroxyl groups is 2. The molecule has 0 amide bonds. The lowest BCUT2D eigenvalue weighted by molar-refractivity contribution is -0.216. The molecule has 5 atom stereocenters. The SMILES string of the molecule is CO[C@@H]1[C@@H](n2cc(-c3nc(C)cs3)nn2)[C@@H](O)[C@@H](CO)O[C@H]1c1ccnn1-c1cc(Cl)ccc1C(F)(F)F. The fourth-order valence-electron chi connectivity index (χ4n) is 4.54. The molecule has 3 aromatic heterocycles. The number of thiazole rings is 1. The Balaban J connectivity index is 1.58. The molecule has 1 aliphatic heterocycles. The zero-order valence-corrected chi connectivity index (χ0v) is 21.5. The lowest BCUT2D eigenvalue weighted by Gasteiger charge is -2.43. The number of aromatic nitrogens is 6. The number of aliphatic hydroxyl groups excluding tert-OH is 2. The fraction of sp³-hybridized carbons (Fsp3) is 0.391. The van der Waals surface area contributed by atoms with Crippen molar-refractivity contribution < 1.29 is 32.9 Å². The van der Waals surface area contributed by atoms with Crippen molar-refractivity contribution in [3.63, 3.8) is 0 Å². The van der Waals surface area contributed by atoms with Crippen molar-refractivity contribution >= 4 is 22.9 Å². The highest BCUT2D eigenvalue weighted by Gasteiger charge is 2.49.